The second-order valence-electron chi connectivity index (χ2n) is 4.81. The van der Waals surface area contributed by atoms with Gasteiger partial charge in [0.15, 0.2) is 9.84 Å². The van der Waals surface area contributed by atoms with Crippen molar-refractivity contribution in [2.24, 2.45) is 0 Å². The van der Waals surface area contributed by atoms with E-state index in [0.29, 0.717) is 6.54 Å². The van der Waals surface area contributed by atoms with Crippen molar-refractivity contribution in [3.8, 4) is 0 Å². The van der Waals surface area contributed by atoms with Crippen LogP contribution in [-0.2, 0) is 9.84 Å². The fraction of sp³-hybridized carbons (Fsp3) is 1.00. The van der Waals surface area contributed by atoms with E-state index in [2.05, 4.69) is 9.80 Å². The van der Waals surface area contributed by atoms with Crippen LogP contribution in [0.1, 0.15) is 0 Å². The van der Waals surface area contributed by atoms with Crippen molar-refractivity contribution >= 4 is 9.84 Å². The molecule has 0 unspecified atom stereocenters. The Bertz CT molecular complexity index is 351. The van der Waals surface area contributed by atoms with Gasteiger partial charge in [-0.2, -0.15) is 0 Å². The topological polar surface area (TPSA) is 81.1 Å². The van der Waals surface area contributed by atoms with E-state index in [0.717, 1.165) is 26.2 Å². The maximum absolute atomic E-state index is 11.4. The van der Waals surface area contributed by atoms with Crippen LogP contribution in [0, 0.1) is 0 Å². The van der Waals surface area contributed by atoms with Gasteiger partial charge in [0.25, 0.3) is 0 Å². The van der Waals surface area contributed by atoms with Crippen molar-refractivity contribution in [1.82, 2.24) is 9.80 Å². The Morgan fingerprint density at radius 2 is 1.76 bits per heavy atom. The summed E-state index contributed by atoms with van der Waals surface area (Å²) in [6.45, 7) is 3.99. The number of hydrogen-bond acceptors (Lipinski definition) is 6. The van der Waals surface area contributed by atoms with Gasteiger partial charge >= 0.3 is 0 Å². The Balaban J connectivity index is 1.89. The molecule has 2 fully saturated rings. The molecule has 2 rings (SSSR count). The molecular weight excluding hydrogens is 244 g/mol. The summed E-state index contributed by atoms with van der Waals surface area (Å²) in [4.78, 5) is 4.20. The molecule has 2 saturated heterocycles. The fourth-order valence-electron chi connectivity index (χ4n) is 2.62. The van der Waals surface area contributed by atoms with Crippen molar-refractivity contribution in [3.05, 3.63) is 0 Å². The van der Waals surface area contributed by atoms with E-state index in [1.807, 2.05) is 0 Å². The molecule has 0 spiro atoms. The van der Waals surface area contributed by atoms with Gasteiger partial charge in [-0.25, -0.2) is 8.42 Å². The Hall–Kier alpha value is -0.210. The summed E-state index contributed by atoms with van der Waals surface area (Å²) in [5.41, 5.74) is 0. The monoisotopic (exact) mass is 264 g/mol. The molecule has 0 saturated carbocycles. The largest absolute Gasteiger partial charge is 0.395 e. The molecule has 0 aromatic rings. The highest BCUT2D eigenvalue weighted by Gasteiger charge is 2.40. The highest BCUT2D eigenvalue weighted by atomic mass is 32.2. The number of rotatable bonds is 3. The van der Waals surface area contributed by atoms with Gasteiger partial charge in [0, 0.05) is 32.7 Å². The molecule has 2 atom stereocenters. The average molecular weight is 264 g/mol. The first kappa shape index (κ1) is 13.2. The van der Waals surface area contributed by atoms with Crippen LogP contribution in [0.15, 0.2) is 0 Å². The molecule has 0 radical (unpaired) electrons. The average Bonchev–Trinajstić information content (AvgIpc) is 2.54. The molecule has 2 heterocycles. The normalized spacial score (nSPS) is 35.2. The summed E-state index contributed by atoms with van der Waals surface area (Å²) in [7, 11) is -3.06. The zero-order valence-electron chi connectivity index (χ0n) is 9.83. The van der Waals surface area contributed by atoms with Crippen LogP contribution >= 0.6 is 0 Å². The Kier molecular flexibility index (Phi) is 4.04. The van der Waals surface area contributed by atoms with Gasteiger partial charge in [-0.15, -0.1) is 0 Å². The molecule has 0 aromatic heterocycles. The summed E-state index contributed by atoms with van der Waals surface area (Å²) in [5.74, 6) is -0.0251. The van der Waals surface area contributed by atoms with Gasteiger partial charge in [-0.3, -0.25) is 9.80 Å². The van der Waals surface area contributed by atoms with Crippen LogP contribution < -0.4 is 0 Å². The van der Waals surface area contributed by atoms with E-state index in [4.69, 9.17) is 5.11 Å². The second-order valence-corrected chi connectivity index (χ2v) is 6.97. The van der Waals surface area contributed by atoms with Crippen LogP contribution in [0.3, 0.4) is 0 Å². The molecule has 0 aliphatic carbocycles. The smallest absolute Gasteiger partial charge is 0.154 e. The molecule has 2 aliphatic heterocycles. The molecule has 6 nitrogen and oxygen atoms in total. The lowest BCUT2D eigenvalue weighted by Crippen LogP contribution is -2.53. The second kappa shape index (κ2) is 5.19. The van der Waals surface area contributed by atoms with Gasteiger partial charge in [-0.1, -0.05) is 0 Å². The standard InChI is InChI=1S/C10H20N2O4S/c13-6-5-11-1-3-12(4-2-11)9-7-17(15,16)8-10(9)14/h9-10,13-14H,1-8H2/t9-,10-/m0/s1. The molecule has 0 aromatic carbocycles. The van der Waals surface area contributed by atoms with Crippen molar-refractivity contribution < 1.29 is 18.6 Å². The fourth-order valence-corrected chi connectivity index (χ4v) is 4.45. The number of piperazine rings is 1. The lowest BCUT2D eigenvalue weighted by molar-refractivity contribution is 0.0399. The summed E-state index contributed by atoms with van der Waals surface area (Å²) in [5, 5.41) is 18.6. The molecule has 7 heteroatoms. The van der Waals surface area contributed by atoms with E-state index < -0.39 is 15.9 Å². The molecule has 0 amide bonds. The van der Waals surface area contributed by atoms with E-state index in [1.54, 1.807) is 0 Å². The highest BCUT2D eigenvalue weighted by Crippen LogP contribution is 2.19. The van der Waals surface area contributed by atoms with Gasteiger partial charge < -0.3 is 10.2 Å². The molecule has 17 heavy (non-hydrogen) atoms. The number of hydrogen-bond donors (Lipinski definition) is 2. The van der Waals surface area contributed by atoms with Crippen LogP contribution in [-0.4, -0.2) is 91.4 Å². The number of sulfone groups is 1. The van der Waals surface area contributed by atoms with E-state index in [9.17, 15) is 13.5 Å². The summed E-state index contributed by atoms with van der Waals surface area (Å²) in [6, 6.07) is -0.240. The summed E-state index contributed by atoms with van der Waals surface area (Å²) < 4.78 is 22.9. The van der Waals surface area contributed by atoms with Crippen molar-refractivity contribution in [2.45, 2.75) is 12.1 Å². The van der Waals surface area contributed by atoms with Gasteiger partial charge in [0.2, 0.25) is 0 Å². The summed E-state index contributed by atoms with van der Waals surface area (Å²) in [6.07, 6.45) is -0.746. The molecule has 2 aliphatic rings. The number of aliphatic hydroxyl groups is 2. The first-order chi connectivity index (χ1) is 8.02. The van der Waals surface area contributed by atoms with Crippen molar-refractivity contribution in [3.63, 3.8) is 0 Å². The third kappa shape index (κ3) is 3.17. The van der Waals surface area contributed by atoms with E-state index in [1.165, 1.54) is 0 Å². The Morgan fingerprint density at radius 1 is 1.12 bits per heavy atom. The SMILES string of the molecule is O=S1(=O)C[C@H](O)[C@@H](N2CCN(CCO)CC2)C1. The van der Waals surface area contributed by atoms with E-state index in [-0.39, 0.29) is 24.2 Å². The minimum Gasteiger partial charge on any atom is -0.395 e. The minimum atomic E-state index is -3.06. The number of nitrogens with zero attached hydrogens (tertiary/aromatic N) is 2. The Morgan fingerprint density at radius 3 is 2.24 bits per heavy atom. The van der Waals surface area contributed by atoms with Crippen LogP contribution in [0.5, 0.6) is 0 Å². The first-order valence-corrected chi connectivity index (χ1v) is 7.80. The van der Waals surface area contributed by atoms with Gasteiger partial charge in [-0.05, 0) is 0 Å². The summed E-state index contributed by atoms with van der Waals surface area (Å²) >= 11 is 0. The van der Waals surface area contributed by atoms with Crippen LogP contribution in [0.4, 0.5) is 0 Å². The predicted octanol–water partition coefficient (Wildman–Crippen LogP) is -2.25. The lowest BCUT2D eigenvalue weighted by Gasteiger charge is -2.38. The zero-order chi connectivity index (χ0) is 12.5. The zero-order valence-corrected chi connectivity index (χ0v) is 10.6. The first-order valence-electron chi connectivity index (χ1n) is 5.97. The molecule has 0 bridgehead atoms. The molecule has 100 valence electrons. The predicted molar refractivity (Wildman–Crippen MR) is 63.5 cm³/mol. The third-order valence-electron chi connectivity index (χ3n) is 3.59. The van der Waals surface area contributed by atoms with E-state index >= 15 is 0 Å². The minimum absolute atomic E-state index is 0.0775. The Labute approximate surface area is 102 Å². The van der Waals surface area contributed by atoms with Crippen molar-refractivity contribution in [1.29, 1.82) is 0 Å². The number of aliphatic hydroxyl groups excluding tert-OH is 2. The number of β-amino-alcohol motifs (C(OH)–C–C–N with tert-alkyl or cyclic N) is 1. The van der Waals surface area contributed by atoms with Crippen molar-refractivity contribution in [2.75, 3.05) is 50.8 Å². The quantitative estimate of drug-likeness (QED) is 0.600. The molecular formula is C10H20N2O4S. The highest BCUT2D eigenvalue weighted by molar-refractivity contribution is 7.91. The van der Waals surface area contributed by atoms with Gasteiger partial charge in [0.1, 0.15) is 0 Å². The van der Waals surface area contributed by atoms with Crippen LogP contribution in [0.25, 0.3) is 0 Å². The molecule has 2 N–H and O–H groups in total. The maximum atomic E-state index is 11.4. The van der Waals surface area contributed by atoms with Crippen LogP contribution in [0.2, 0.25) is 0 Å². The maximum Gasteiger partial charge on any atom is 0.154 e. The van der Waals surface area contributed by atoms with Gasteiger partial charge in [0.05, 0.1) is 30.3 Å². The third-order valence-corrected chi connectivity index (χ3v) is 5.28. The lowest BCUT2D eigenvalue weighted by atomic mass is 10.1.